The quantitative estimate of drug-likeness (QED) is 0.508. The zero-order chi connectivity index (χ0) is 18.0. The van der Waals surface area contributed by atoms with E-state index in [4.69, 9.17) is 35.4 Å². The fourth-order valence-corrected chi connectivity index (χ4v) is 3.90. The maximum absolute atomic E-state index is 6.19. The molecule has 8 heteroatoms. The van der Waals surface area contributed by atoms with Crippen molar-refractivity contribution in [1.29, 1.82) is 0 Å². The van der Waals surface area contributed by atoms with Crippen molar-refractivity contribution in [3.8, 4) is 12.3 Å². The Labute approximate surface area is 160 Å². The van der Waals surface area contributed by atoms with E-state index < -0.39 is 0 Å². The fraction of sp³-hybridized carbons (Fsp3) is 0.235. The van der Waals surface area contributed by atoms with Gasteiger partial charge in [0.25, 0.3) is 0 Å². The van der Waals surface area contributed by atoms with Crippen molar-refractivity contribution in [2.75, 3.05) is 5.73 Å². The summed E-state index contributed by atoms with van der Waals surface area (Å²) in [6.07, 6.45) is 8.30. The first-order chi connectivity index (χ1) is 12.0. The minimum Gasteiger partial charge on any atom is -0.382 e. The second-order valence-corrected chi connectivity index (χ2v) is 7.25. The maximum Gasteiger partial charge on any atom is 0.175 e. The van der Waals surface area contributed by atoms with Crippen molar-refractivity contribution < 1.29 is 0 Å². The SMILES string of the molecule is C#CCCCn1c(Sc2cc(C)c(Cl)c(Cl)c2)nc2c(N)ncnc21. The number of halogens is 2. The highest BCUT2D eigenvalue weighted by molar-refractivity contribution is 7.99. The largest absolute Gasteiger partial charge is 0.382 e. The molecule has 0 aliphatic heterocycles. The molecule has 1 aromatic carbocycles. The van der Waals surface area contributed by atoms with Crippen molar-refractivity contribution in [1.82, 2.24) is 19.5 Å². The summed E-state index contributed by atoms with van der Waals surface area (Å²) in [5.74, 6) is 3.00. The monoisotopic (exact) mass is 391 g/mol. The Morgan fingerprint density at radius 2 is 2.12 bits per heavy atom. The van der Waals surface area contributed by atoms with E-state index in [1.54, 1.807) is 0 Å². The highest BCUT2D eigenvalue weighted by Crippen LogP contribution is 2.36. The molecule has 3 rings (SSSR count). The van der Waals surface area contributed by atoms with Gasteiger partial charge in [-0.3, -0.25) is 0 Å². The number of anilines is 1. The van der Waals surface area contributed by atoms with E-state index in [1.807, 2.05) is 23.6 Å². The average Bonchev–Trinajstić information content (AvgIpc) is 2.92. The third-order valence-corrected chi connectivity index (χ3v) is 5.48. The topological polar surface area (TPSA) is 69.6 Å². The lowest BCUT2D eigenvalue weighted by atomic mass is 10.2. The van der Waals surface area contributed by atoms with Gasteiger partial charge in [-0.25, -0.2) is 15.0 Å². The molecule has 0 bridgehead atoms. The number of aryl methyl sites for hydroxylation is 2. The number of hydrogen-bond donors (Lipinski definition) is 1. The summed E-state index contributed by atoms with van der Waals surface area (Å²) in [6.45, 7) is 2.61. The number of aromatic nitrogens is 4. The van der Waals surface area contributed by atoms with Crippen LogP contribution in [0.3, 0.4) is 0 Å². The molecular formula is C17H15Cl2N5S. The van der Waals surface area contributed by atoms with Gasteiger partial charge in [-0.05, 0) is 31.0 Å². The van der Waals surface area contributed by atoms with E-state index >= 15 is 0 Å². The van der Waals surface area contributed by atoms with Gasteiger partial charge >= 0.3 is 0 Å². The van der Waals surface area contributed by atoms with Crippen LogP contribution in [-0.4, -0.2) is 19.5 Å². The lowest BCUT2D eigenvalue weighted by Gasteiger charge is -2.09. The second kappa shape index (κ2) is 7.52. The smallest absolute Gasteiger partial charge is 0.175 e. The third kappa shape index (κ3) is 3.69. The van der Waals surface area contributed by atoms with E-state index in [0.29, 0.717) is 40.0 Å². The van der Waals surface area contributed by atoms with Crippen molar-refractivity contribution in [2.24, 2.45) is 0 Å². The van der Waals surface area contributed by atoms with Crippen molar-refractivity contribution >= 4 is 51.9 Å². The molecular weight excluding hydrogens is 377 g/mol. The fourth-order valence-electron chi connectivity index (χ4n) is 2.41. The van der Waals surface area contributed by atoms with Gasteiger partial charge in [-0.1, -0.05) is 35.0 Å². The minimum absolute atomic E-state index is 0.355. The van der Waals surface area contributed by atoms with Crippen LogP contribution in [0.25, 0.3) is 11.2 Å². The Hall–Kier alpha value is -1.94. The van der Waals surface area contributed by atoms with E-state index in [0.717, 1.165) is 22.0 Å². The van der Waals surface area contributed by atoms with Gasteiger partial charge in [0, 0.05) is 17.9 Å². The van der Waals surface area contributed by atoms with E-state index in [2.05, 4.69) is 20.9 Å². The first kappa shape index (κ1) is 17.9. The molecule has 0 amide bonds. The van der Waals surface area contributed by atoms with Crippen LogP contribution in [-0.2, 0) is 6.54 Å². The number of rotatable bonds is 5. The van der Waals surface area contributed by atoms with Crippen LogP contribution in [0, 0.1) is 19.3 Å². The first-order valence-electron chi connectivity index (χ1n) is 7.55. The summed E-state index contributed by atoms with van der Waals surface area (Å²) in [5.41, 5.74) is 8.14. The van der Waals surface area contributed by atoms with E-state index in [9.17, 15) is 0 Å². The van der Waals surface area contributed by atoms with E-state index in [-0.39, 0.29) is 0 Å². The molecule has 0 saturated heterocycles. The number of hydrogen-bond acceptors (Lipinski definition) is 5. The van der Waals surface area contributed by atoms with Crippen molar-refractivity contribution in [3.05, 3.63) is 34.1 Å². The van der Waals surface area contributed by atoms with Gasteiger partial charge in [0.15, 0.2) is 22.1 Å². The van der Waals surface area contributed by atoms with Crippen molar-refractivity contribution in [2.45, 2.75) is 36.4 Å². The number of benzene rings is 1. The van der Waals surface area contributed by atoms with Crippen LogP contribution in [0.5, 0.6) is 0 Å². The van der Waals surface area contributed by atoms with Crippen LogP contribution in [0.15, 0.2) is 28.5 Å². The van der Waals surface area contributed by atoms with E-state index in [1.165, 1.54) is 18.1 Å². The summed E-state index contributed by atoms with van der Waals surface area (Å²) in [7, 11) is 0. The van der Waals surface area contributed by atoms with Crippen molar-refractivity contribution in [3.63, 3.8) is 0 Å². The number of nitrogens with zero attached hydrogens (tertiary/aromatic N) is 4. The molecule has 128 valence electrons. The first-order valence-corrected chi connectivity index (χ1v) is 9.12. The molecule has 0 spiro atoms. The Morgan fingerprint density at radius 1 is 1.32 bits per heavy atom. The summed E-state index contributed by atoms with van der Waals surface area (Å²) < 4.78 is 2.01. The number of nitrogen functional groups attached to an aromatic ring is 1. The molecule has 0 atom stereocenters. The number of terminal acetylenes is 1. The molecule has 0 fully saturated rings. The van der Waals surface area contributed by atoms with Crippen LogP contribution >= 0.6 is 35.0 Å². The lowest BCUT2D eigenvalue weighted by molar-refractivity contribution is 0.615. The number of imidazole rings is 1. The number of fused-ring (bicyclic) bond motifs is 1. The van der Waals surface area contributed by atoms with Crippen LogP contribution in [0.4, 0.5) is 5.82 Å². The second-order valence-electron chi connectivity index (χ2n) is 5.42. The highest BCUT2D eigenvalue weighted by atomic mass is 35.5. The van der Waals surface area contributed by atoms with Crippen LogP contribution in [0.2, 0.25) is 10.0 Å². The zero-order valence-corrected chi connectivity index (χ0v) is 15.8. The molecule has 0 radical (unpaired) electrons. The molecule has 2 N–H and O–H groups in total. The molecule has 0 aliphatic rings. The molecule has 0 saturated carbocycles. The highest BCUT2D eigenvalue weighted by Gasteiger charge is 2.16. The maximum atomic E-state index is 6.19. The van der Waals surface area contributed by atoms with Gasteiger partial charge in [-0.2, -0.15) is 0 Å². The Bertz CT molecular complexity index is 954. The average molecular weight is 392 g/mol. The summed E-state index contributed by atoms with van der Waals surface area (Å²) in [4.78, 5) is 13.9. The summed E-state index contributed by atoms with van der Waals surface area (Å²) in [6, 6.07) is 3.79. The minimum atomic E-state index is 0.355. The third-order valence-electron chi connectivity index (χ3n) is 3.62. The predicted octanol–water partition coefficient (Wildman–Crippen LogP) is 4.59. The standard InChI is InChI=1S/C17H15Cl2N5S/c1-3-4-5-6-24-16-14(15(20)21-9-22-16)23-17(24)25-11-7-10(2)13(19)12(18)8-11/h1,7-9H,4-6H2,2H3,(H2,20,21,22). The Balaban J connectivity index is 2.04. The van der Waals surface area contributed by atoms with Gasteiger partial charge in [0.05, 0.1) is 10.0 Å². The lowest BCUT2D eigenvalue weighted by Crippen LogP contribution is -2.01. The van der Waals surface area contributed by atoms with Gasteiger partial charge < -0.3 is 10.3 Å². The molecule has 2 heterocycles. The van der Waals surface area contributed by atoms with Gasteiger partial charge in [0.1, 0.15) is 6.33 Å². The van der Waals surface area contributed by atoms with Crippen LogP contribution in [0.1, 0.15) is 18.4 Å². The molecule has 25 heavy (non-hydrogen) atoms. The normalized spacial score (nSPS) is 11.0. The molecule has 5 nitrogen and oxygen atoms in total. The summed E-state index contributed by atoms with van der Waals surface area (Å²) >= 11 is 13.8. The van der Waals surface area contributed by atoms with Gasteiger partial charge in [-0.15, -0.1) is 12.3 Å². The van der Waals surface area contributed by atoms with Gasteiger partial charge in [0.2, 0.25) is 0 Å². The Morgan fingerprint density at radius 3 is 2.84 bits per heavy atom. The summed E-state index contributed by atoms with van der Waals surface area (Å²) in [5, 5.41) is 1.83. The number of unbranched alkanes of at least 4 members (excludes halogenated alkanes) is 1. The zero-order valence-electron chi connectivity index (χ0n) is 13.5. The molecule has 0 aliphatic carbocycles. The number of nitrogens with two attached hydrogens (primary N) is 1. The Kier molecular flexibility index (Phi) is 5.38. The predicted molar refractivity (Wildman–Crippen MR) is 103 cm³/mol. The van der Waals surface area contributed by atoms with Crippen LogP contribution < -0.4 is 5.73 Å². The molecule has 0 unspecified atom stereocenters. The molecule has 3 aromatic rings. The molecule has 2 aromatic heterocycles.